The molecule has 0 atom stereocenters. The largest absolute Gasteiger partial charge is 0.192 e. The second-order valence-corrected chi connectivity index (χ2v) is 12.4. The van der Waals surface area contributed by atoms with Gasteiger partial charge in [0.05, 0.1) is 17.2 Å². The van der Waals surface area contributed by atoms with Gasteiger partial charge in [0, 0.05) is 62.6 Å². The maximum Gasteiger partial charge on any atom is 0.100 e. The molecule has 0 fully saturated rings. The van der Waals surface area contributed by atoms with E-state index in [2.05, 4.69) is 109 Å². The quantitative estimate of drug-likeness (QED) is 0.213. The SMILES string of the molecule is N#Cc1ccccc1-c1cc(-c2cccc3sc4ccccc4c23)cc(-c2cccc3c2sc2ccccc23)c1C#N. The van der Waals surface area contributed by atoms with E-state index in [9.17, 15) is 10.5 Å². The molecule has 0 amide bonds. The van der Waals surface area contributed by atoms with Gasteiger partial charge in [0.15, 0.2) is 0 Å². The average molecular weight is 569 g/mol. The molecule has 0 aliphatic rings. The molecular weight excluding hydrogens is 549 g/mol. The lowest BCUT2D eigenvalue weighted by atomic mass is 9.86. The number of benzene rings is 6. The van der Waals surface area contributed by atoms with Crippen molar-refractivity contribution < 1.29 is 0 Å². The molecule has 6 aromatic carbocycles. The molecule has 0 aliphatic carbocycles. The summed E-state index contributed by atoms with van der Waals surface area (Å²) in [6.45, 7) is 0. The van der Waals surface area contributed by atoms with E-state index >= 15 is 0 Å². The van der Waals surface area contributed by atoms with E-state index < -0.39 is 0 Å². The first-order valence-corrected chi connectivity index (χ1v) is 15.3. The summed E-state index contributed by atoms with van der Waals surface area (Å²) in [6.07, 6.45) is 0. The second-order valence-electron chi connectivity index (χ2n) is 10.3. The summed E-state index contributed by atoms with van der Waals surface area (Å²) in [6, 6.07) is 46.6. The Balaban J connectivity index is 1.51. The number of nitrogens with zero attached hydrogens (tertiary/aromatic N) is 2. The van der Waals surface area contributed by atoms with E-state index in [1.807, 2.05) is 24.3 Å². The molecule has 0 bridgehead atoms. The second kappa shape index (κ2) is 9.68. The van der Waals surface area contributed by atoms with Crippen LogP contribution in [0.25, 0.3) is 73.7 Å². The van der Waals surface area contributed by atoms with Gasteiger partial charge in [0.1, 0.15) is 6.07 Å². The van der Waals surface area contributed by atoms with Crippen LogP contribution in [0, 0.1) is 22.7 Å². The molecule has 0 radical (unpaired) electrons. The highest BCUT2D eigenvalue weighted by Crippen LogP contribution is 2.46. The Morgan fingerprint density at radius 1 is 0.452 bits per heavy atom. The zero-order chi connectivity index (χ0) is 28.2. The van der Waals surface area contributed by atoms with Gasteiger partial charge in [0.2, 0.25) is 0 Å². The molecule has 0 saturated carbocycles. The van der Waals surface area contributed by atoms with Crippen molar-refractivity contribution in [3.63, 3.8) is 0 Å². The van der Waals surface area contributed by atoms with E-state index in [-0.39, 0.29) is 0 Å². The van der Waals surface area contributed by atoms with Gasteiger partial charge in [0.25, 0.3) is 0 Å². The molecule has 0 unspecified atom stereocenters. The van der Waals surface area contributed by atoms with Crippen molar-refractivity contribution in [2.24, 2.45) is 0 Å². The first-order valence-electron chi connectivity index (χ1n) is 13.6. The number of hydrogen-bond acceptors (Lipinski definition) is 4. The van der Waals surface area contributed by atoms with Crippen LogP contribution in [0.4, 0.5) is 0 Å². The maximum atomic E-state index is 10.7. The van der Waals surface area contributed by atoms with Crippen molar-refractivity contribution in [1.82, 2.24) is 0 Å². The third kappa shape index (κ3) is 3.67. The van der Waals surface area contributed by atoms with Crippen LogP contribution in [-0.2, 0) is 0 Å². The summed E-state index contributed by atoms with van der Waals surface area (Å²) < 4.78 is 4.86. The Morgan fingerprint density at radius 3 is 1.86 bits per heavy atom. The molecule has 42 heavy (non-hydrogen) atoms. The Hall–Kier alpha value is -5.26. The molecule has 4 heteroatoms. The predicted octanol–water partition coefficient (Wildman–Crippen LogP) is 11.2. The van der Waals surface area contributed by atoms with Crippen molar-refractivity contribution >= 4 is 63.0 Å². The van der Waals surface area contributed by atoms with Crippen LogP contribution >= 0.6 is 22.7 Å². The van der Waals surface area contributed by atoms with E-state index in [4.69, 9.17) is 0 Å². The van der Waals surface area contributed by atoms with Crippen molar-refractivity contribution in [2.45, 2.75) is 0 Å². The lowest BCUT2D eigenvalue weighted by molar-refractivity contribution is 1.45. The molecule has 2 aromatic heterocycles. The first kappa shape index (κ1) is 24.5. The lowest BCUT2D eigenvalue weighted by Crippen LogP contribution is -1.95. The molecule has 194 valence electrons. The minimum Gasteiger partial charge on any atom is -0.192 e. The van der Waals surface area contributed by atoms with Crippen LogP contribution in [0.5, 0.6) is 0 Å². The zero-order valence-electron chi connectivity index (χ0n) is 22.3. The first-order chi connectivity index (χ1) is 20.7. The minimum absolute atomic E-state index is 0.552. The van der Waals surface area contributed by atoms with Crippen LogP contribution in [0.3, 0.4) is 0 Å². The average Bonchev–Trinajstić information content (AvgIpc) is 3.62. The molecule has 2 heterocycles. The number of hydrogen-bond donors (Lipinski definition) is 0. The fraction of sp³-hybridized carbons (Fsp3) is 0. The Kier molecular flexibility index (Phi) is 5.66. The summed E-state index contributed by atoms with van der Waals surface area (Å²) >= 11 is 3.55. The Bertz CT molecular complexity index is 2450. The Morgan fingerprint density at radius 2 is 1.05 bits per heavy atom. The third-order valence-corrected chi connectivity index (χ3v) is 10.4. The predicted molar refractivity (Wildman–Crippen MR) is 178 cm³/mol. The van der Waals surface area contributed by atoms with Crippen LogP contribution in [0.2, 0.25) is 0 Å². The van der Waals surface area contributed by atoms with Gasteiger partial charge in [-0.3, -0.25) is 0 Å². The Labute approximate surface area is 250 Å². The third-order valence-electron chi connectivity index (χ3n) is 8.00. The van der Waals surface area contributed by atoms with Crippen LogP contribution < -0.4 is 0 Å². The van der Waals surface area contributed by atoms with Gasteiger partial charge in [-0.15, -0.1) is 22.7 Å². The smallest absolute Gasteiger partial charge is 0.100 e. The van der Waals surface area contributed by atoms with Crippen LogP contribution in [0.15, 0.2) is 121 Å². The highest BCUT2D eigenvalue weighted by atomic mass is 32.1. The molecule has 0 aliphatic heterocycles. The van der Waals surface area contributed by atoms with Gasteiger partial charge < -0.3 is 0 Å². The fourth-order valence-corrected chi connectivity index (χ4v) is 8.50. The molecule has 0 N–H and O–H groups in total. The number of rotatable bonds is 3. The summed E-state index contributed by atoms with van der Waals surface area (Å²) in [5.74, 6) is 0. The van der Waals surface area contributed by atoms with Gasteiger partial charge >= 0.3 is 0 Å². The number of fused-ring (bicyclic) bond motifs is 6. The van der Waals surface area contributed by atoms with E-state index in [0.29, 0.717) is 11.1 Å². The zero-order valence-corrected chi connectivity index (χ0v) is 23.9. The van der Waals surface area contributed by atoms with Crippen LogP contribution in [-0.4, -0.2) is 0 Å². The van der Waals surface area contributed by atoms with Gasteiger partial charge in [-0.05, 0) is 47.5 Å². The van der Waals surface area contributed by atoms with E-state index in [0.717, 1.165) is 38.1 Å². The van der Waals surface area contributed by atoms with Gasteiger partial charge in [-0.25, -0.2) is 0 Å². The number of thiophene rings is 2. The van der Waals surface area contributed by atoms with E-state index in [1.54, 1.807) is 22.7 Å². The van der Waals surface area contributed by atoms with Gasteiger partial charge in [-0.1, -0.05) is 84.9 Å². The molecule has 8 rings (SSSR count). The highest BCUT2D eigenvalue weighted by molar-refractivity contribution is 7.26. The van der Waals surface area contributed by atoms with Crippen molar-refractivity contribution in [1.29, 1.82) is 10.5 Å². The molecular formula is C38H20N2S2. The monoisotopic (exact) mass is 568 g/mol. The summed E-state index contributed by atoms with van der Waals surface area (Å²) in [5.41, 5.74) is 6.73. The maximum absolute atomic E-state index is 10.7. The summed E-state index contributed by atoms with van der Waals surface area (Å²) in [4.78, 5) is 0. The molecule has 2 nitrogen and oxygen atoms in total. The summed E-state index contributed by atoms with van der Waals surface area (Å²) in [7, 11) is 0. The fourth-order valence-electron chi connectivity index (χ4n) is 6.13. The summed E-state index contributed by atoms with van der Waals surface area (Å²) in [5, 5.41) is 25.6. The normalized spacial score (nSPS) is 11.3. The van der Waals surface area contributed by atoms with Crippen molar-refractivity contribution in [3.8, 4) is 45.5 Å². The van der Waals surface area contributed by atoms with Crippen molar-refractivity contribution in [2.75, 3.05) is 0 Å². The molecule has 0 saturated heterocycles. The lowest BCUT2D eigenvalue weighted by Gasteiger charge is -2.16. The molecule has 8 aromatic rings. The molecule has 0 spiro atoms. The van der Waals surface area contributed by atoms with E-state index in [1.165, 1.54) is 35.6 Å². The highest BCUT2D eigenvalue weighted by Gasteiger charge is 2.21. The minimum atomic E-state index is 0.552. The topological polar surface area (TPSA) is 47.6 Å². The van der Waals surface area contributed by atoms with Crippen molar-refractivity contribution in [3.05, 3.63) is 132 Å². The standard InChI is InChI=1S/C38H20N2S2/c39-21-23-9-1-2-10-25(23)31-19-24(26-13-8-18-36-37(26)30-12-4-6-17-35(30)41-36)20-32(33(31)22-40)29-15-7-14-28-27-11-3-5-16-34(27)42-38(28)29/h1-20H. The van der Waals surface area contributed by atoms with Gasteiger partial charge in [-0.2, -0.15) is 10.5 Å². The van der Waals surface area contributed by atoms with Crippen LogP contribution in [0.1, 0.15) is 11.1 Å². The number of nitriles is 2.